The quantitative estimate of drug-likeness (QED) is 0.152. The Bertz CT molecular complexity index is 3650. The van der Waals surface area contributed by atoms with Gasteiger partial charge in [-0.2, -0.15) is 0 Å². The molecule has 0 aliphatic carbocycles. The highest BCUT2D eigenvalue weighted by atomic mass is 16.3. The topological polar surface area (TPSA) is 16.4 Å². The Hall–Kier alpha value is -8.46. The lowest BCUT2D eigenvalue weighted by Crippen LogP contribution is -2.11. The summed E-state index contributed by atoms with van der Waals surface area (Å²) >= 11 is 0. The van der Waals surface area contributed by atoms with Crippen LogP contribution in [0.25, 0.3) is 99.1 Å². The monoisotopic (exact) mass is 815 g/mol. The number of hydrogen-bond donors (Lipinski definition) is 0. The molecule has 0 saturated carbocycles. The van der Waals surface area contributed by atoms with Gasteiger partial charge in [0.2, 0.25) is 0 Å². The number of rotatable bonds is 8. The van der Waals surface area contributed by atoms with Crippen LogP contribution in [-0.2, 0) is 0 Å². The van der Waals surface area contributed by atoms with Gasteiger partial charge in [0, 0.05) is 33.3 Å². The second-order valence-electron chi connectivity index (χ2n) is 16.4. The molecule has 0 unspecified atom stereocenters. The number of furan rings is 1. The zero-order valence-corrected chi connectivity index (χ0v) is 35.0. The minimum atomic E-state index is 0.888. The van der Waals surface area contributed by atoms with Crippen molar-refractivity contribution in [3.05, 3.63) is 249 Å². The highest BCUT2D eigenvalue weighted by Gasteiger charge is 2.21. The van der Waals surface area contributed by atoms with E-state index in [1.54, 1.807) is 0 Å². The van der Waals surface area contributed by atoms with E-state index in [0.717, 1.165) is 61.3 Å². The summed E-state index contributed by atoms with van der Waals surface area (Å²) in [6.07, 6.45) is 0. The van der Waals surface area contributed by atoms with Crippen molar-refractivity contribution in [2.24, 2.45) is 0 Å². The van der Waals surface area contributed by atoms with Gasteiger partial charge in [-0.1, -0.05) is 206 Å². The third-order valence-electron chi connectivity index (χ3n) is 12.7. The van der Waals surface area contributed by atoms with Gasteiger partial charge in [-0.05, 0) is 109 Å². The molecule has 0 spiro atoms. The fraction of sp³-hybridized carbons (Fsp3) is 0. The summed E-state index contributed by atoms with van der Waals surface area (Å²) in [5.74, 6) is 0. The minimum absolute atomic E-state index is 0.888. The molecule has 0 saturated heterocycles. The van der Waals surface area contributed by atoms with E-state index in [1.165, 1.54) is 54.9 Å². The van der Waals surface area contributed by atoms with Gasteiger partial charge < -0.3 is 9.32 Å². The van der Waals surface area contributed by atoms with Crippen LogP contribution in [0.15, 0.2) is 253 Å². The normalized spacial score (nSPS) is 11.4. The van der Waals surface area contributed by atoms with E-state index in [4.69, 9.17) is 4.42 Å². The largest absolute Gasteiger partial charge is 0.455 e. The maximum atomic E-state index is 6.62. The molecule has 0 aliphatic rings. The molecule has 64 heavy (non-hydrogen) atoms. The summed E-state index contributed by atoms with van der Waals surface area (Å²) in [7, 11) is 0. The van der Waals surface area contributed by atoms with E-state index in [1.807, 2.05) is 6.07 Å². The predicted molar refractivity (Wildman–Crippen MR) is 271 cm³/mol. The van der Waals surface area contributed by atoms with Crippen molar-refractivity contribution < 1.29 is 4.42 Å². The summed E-state index contributed by atoms with van der Waals surface area (Å²) in [4.78, 5) is 2.38. The number of para-hydroxylation sites is 3. The van der Waals surface area contributed by atoms with Crippen molar-refractivity contribution in [1.82, 2.24) is 0 Å². The molecule has 0 atom stereocenters. The first-order chi connectivity index (χ1) is 31.7. The van der Waals surface area contributed by atoms with Gasteiger partial charge in [-0.3, -0.25) is 0 Å². The zero-order valence-electron chi connectivity index (χ0n) is 35.0. The van der Waals surface area contributed by atoms with Gasteiger partial charge in [-0.15, -0.1) is 0 Å². The fourth-order valence-electron chi connectivity index (χ4n) is 9.54. The third kappa shape index (κ3) is 6.61. The smallest absolute Gasteiger partial charge is 0.143 e. The molecule has 12 rings (SSSR count). The van der Waals surface area contributed by atoms with Crippen molar-refractivity contribution in [3.8, 4) is 55.6 Å². The highest BCUT2D eigenvalue weighted by Crippen LogP contribution is 2.45. The van der Waals surface area contributed by atoms with Gasteiger partial charge in [0.15, 0.2) is 0 Å². The molecule has 2 heteroatoms. The van der Waals surface area contributed by atoms with Crippen LogP contribution >= 0.6 is 0 Å². The van der Waals surface area contributed by atoms with Gasteiger partial charge in [0.1, 0.15) is 11.2 Å². The molecule has 0 fully saturated rings. The van der Waals surface area contributed by atoms with E-state index in [-0.39, 0.29) is 0 Å². The lowest BCUT2D eigenvalue weighted by atomic mass is 9.93. The number of hydrogen-bond acceptors (Lipinski definition) is 2. The highest BCUT2D eigenvalue weighted by molar-refractivity contribution is 6.11. The molecule has 2 nitrogen and oxygen atoms in total. The number of anilines is 3. The first-order valence-corrected chi connectivity index (χ1v) is 21.9. The molecule has 0 N–H and O–H groups in total. The Morgan fingerprint density at radius 2 is 0.734 bits per heavy atom. The van der Waals surface area contributed by atoms with Crippen LogP contribution in [0.5, 0.6) is 0 Å². The molecule has 1 heterocycles. The van der Waals surface area contributed by atoms with Crippen molar-refractivity contribution in [3.63, 3.8) is 0 Å². The molecule has 12 aromatic rings. The standard InChI is InChI=1S/C62H41NO/c1-2-15-48-41-49(32-29-42(48)13-1)55-19-6-5-18-53(55)47-35-39-51(40-36-47)63(60-25-9-7-20-56(60)58-23-12-24-59-57-21-8-10-26-61(57)64-62(58)59)50-37-33-44(34-38-50)43-27-30-46(31-28-43)54-22-11-16-45-14-3-4-17-52(45)54/h1-41H. The van der Waals surface area contributed by atoms with Crippen molar-refractivity contribution >= 4 is 60.5 Å². The van der Waals surface area contributed by atoms with Crippen molar-refractivity contribution in [2.75, 3.05) is 4.90 Å². The molecule has 11 aromatic carbocycles. The predicted octanol–water partition coefficient (Wildman–Crippen LogP) is 17.7. The summed E-state index contributed by atoms with van der Waals surface area (Å²) in [5, 5.41) is 7.23. The SMILES string of the molecule is c1ccc(-c2ccc3ccccc3c2)c(-c2ccc(N(c3ccc(-c4ccc(-c5cccc6ccccc56)cc4)cc3)c3ccccc3-c3cccc4c3oc3ccccc34)cc2)c1. The van der Waals surface area contributed by atoms with Crippen LogP contribution in [0.3, 0.4) is 0 Å². The fourth-order valence-corrected chi connectivity index (χ4v) is 9.54. The third-order valence-corrected chi connectivity index (χ3v) is 12.7. The Balaban J connectivity index is 0.954. The Kier molecular flexibility index (Phi) is 9.20. The van der Waals surface area contributed by atoms with Crippen LogP contribution in [0, 0.1) is 0 Å². The zero-order chi connectivity index (χ0) is 42.4. The summed E-state index contributed by atoms with van der Waals surface area (Å²) in [6.45, 7) is 0. The van der Waals surface area contributed by atoms with Gasteiger partial charge >= 0.3 is 0 Å². The second kappa shape index (κ2) is 15.8. The Morgan fingerprint density at radius 3 is 1.50 bits per heavy atom. The van der Waals surface area contributed by atoms with Crippen LogP contribution in [0.2, 0.25) is 0 Å². The molecule has 1 aromatic heterocycles. The maximum absolute atomic E-state index is 6.62. The van der Waals surface area contributed by atoms with Crippen LogP contribution in [-0.4, -0.2) is 0 Å². The van der Waals surface area contributed by atoms with E-state index in [9.17, 15) is 0 Å². The number of fused-ring (bicyclic) bond motifs is 5. The lowest BCUT2D eigenvalue weighted by molar-refractivity contribution is 0.670. The molecular formula is C62H41NO. The van der Waals surface area contributed by atoms with Crippen LogP contribution < -0.4 is 4.90 Å². The second-order valence-corrected chi connectivity index (χ2v) is 16.4. The summed E-state index contributed by atoms with van der Waals surface area (Å²) < 4.78 is 6.62. The van der Waals surface area contributed by atoms with Crippen LogP contribution in [0.4, 0.5) is 17.1 Å². The van der Waals surface area contributed by atoms with E-state index in [2.05, 4.69) is 248 Å². The average Bonchev–Trinajstić information content (AvgIpc) is 3.76. The summed E-state index contributed by atoms with van der Waals surface area (Å²) in [6, 6.07) is 89.6. The maximum Gasteiger partial charge on any atom is 0.143 e. The van der Waals surface area contributed by atoms with E-state index >= 15 is 0 Å². The number of benzene rings is 11. The van der Waals surface area contributed by atoms with Crippen molar-refractivity contribution in [1.29, 1.82) is 0 Å². The Morgan fingerprint density at radius 1 is 0.266 bits per heavy atom. The van der Waals surface area contributed by atoms with Gasteiger partial charge in [-0.25, -0.2) is 0 Å². The van der Waals surface area contributed by atoms with Crippen LogP contribution in [0.1, 0.15) is 0 Å². The molecular weight excluding hydrogens is 775 g/mol. The molecule has 0 amide bonds. The molecule has 0 aliphatic heterocycles. The Labute approximate surface area is 372 Å². The minimum Gasteiger partial charge on any atom is -0.455 e. The molecule has 0 radical (unpaired) electrons. The number of nitrogens with zero attached hydrogens (tertiary/aromatic N) is 1. The first kappa shape index (κ1) is 37.3. The first-order valence-electron chi connectivity index (χ1n) is 21.9. The van der Waals surface area contributed by atoms with Gasteiger partial charge in [0.25, 0.3) is 0 Å². The van der Waals surface area contributed by atoms with Gasteiger partial charge in [0.05, 0.1) is 5.69 Å². The molecule has 0 bridgehead atoms. The van der Waals surface area contributed by atoms with E-state index < -0.39 is 0 Å². The lowest BCUT2D eigenvalue weighted by Gasteiger charge is -2.28. The van der Waals surface area contributed by atoms with Crippen molar-refractivity contribution in [2.45, 2.75) is 0 Å². The summed E-state index contributed by atoms with van der Waals surface area (Å²) in [5.41, 5.74) is 16.7. The average molecular weight is 816 g/mol. The van der Waals surface area contributed by atoms with E-state index in [0.29, 0.717) is 0 Å². The molecule has 300 valence electrons.